The van der Waals surface area contributed by atoms with Crippen LogP contribution in [0.5, 0.6) is 0 Å². The maximum atomic E-state index is 12.6. The number of anilines is 1. The molecule has 0 amide bonds. The number of alkyl halides is 3. The number of carboxylic acids is 1. The Kier molecular flexibility index (Phi) is 4.52. The first-order valence-electron chi connectivity index (χ1n) is 6.07. The molecule has 0 unspecified atom stereocenters. The molecule has 1 aromatic heterocycles. The Morgan fingerprint density at radius 3 is 2.62 bits per heavy atom. The fraction of sp³-hybridized carbons (Fsp3) is 0.214. The second-order valence-corrected chi connectivity index (χ2v) is 5.15. The molecule has 0 aliphatic rings. The van der Waals surface area contributed by atoms with E-state index in [1.54, 1.807) is 11.3 Å². The van der Waals surface area contributed by atoms with Crippen molar-refractivity contribution in [3.05, 3.63) is 51.7 Å². The van der Waals surface area contributed by atoms with Crippen LogP contribution in [0.2, 0.25) is 0 Å². The van der Waals surface area contributed by atoms with Crippen LogP contribution >= 0.6 is 11.3 Å². The first kappa shape index (κ1) is 15.4. The average Bonchev–Trinajstić information content (AvgIpc) is 2.90. The van der Waals surface area contributed by atoms with Gasteiger partial charge >= 0.3 is 12.1 Å². The second-order valence-electron chi connectivity index (χ2n) is 4.37. The van der Waals surface area contributed by atoms with Crippen LogP contribution < -0.4 is 5.32 Å². The first-order valence-corrected chi connectivity index (χ1v) is 7.01. The summed E-state index contributed by atoms with van der Waals surface area (Å²) in [5, 5.41) is 15.8. The van der Waals surface area contributed by atoms with Crippen molar-refractivity contribution in [2.24, 2.45) is 0 Å². The van der Waals surface area contributed by atoms with Crippen molar-refractivity contribution in [3.8, 4) is 0 Å². The molecule has 112 valence electrons. The van der Waals surface area contributed by atoms with Gasteiger partial charge in [0.05, 0.1) is 11.1 Å². The van der Waals surface area contributed by atoms with Crippen molar-refractivity contribution in [3.63, 3.8) is 0 Å². The molecule has 7 heteroatoms. The fourth-order valence-corrected chi connectivity index (χ4v) is 2.53. The zero-order chi connectivity index (χ0) is 15.5. The van der Waals surface area contributed by atoms with Gasteiger partial charge in [-0.15, -0.1) is 0 Å². The average molecular weight is 315 g/mol. The van der Waals surface area contributed by atoms with Gasteiger partial charge < -0.3 is 10.4 Å². The lowest BCUT2D eigenvalue weighted by Gasteiger charge is -2.12. The fourth-order valence-electron chi connectivity index (χ4n) is 1.83. The third-order valence-corrected chi connectivity index (χ3v) is 3.62. The van der Waals surface area contributed by atoms with Crippen LogP contribution in [0.4, 0.5) is 18.9 Å². The topological polar surface area (TPSA) is 49.3 Å². The maximum Gasteiger partial charge on any atom is 0.416 e. The minimum absolute atomic E-state index is 0.186. The summed E-state index contributed by atoms with van der Waals surface area (Å²) in [5.74, 6) is -1.39. The molecule has 3 nitrogen and oxygen atoms in total. The van der Waals surface area contributed by atoms with E-state index in [1.165, 1.54) is 0 Å². The lowest BCUT2D eigenvalue weighted by molar-refractivity contribution is -0.137. The summed E-state index contributed by atoms with van der Waals surface area (Å²) in [6, 6.07) is 4.62. The van der Waals surface area contributed by atoms with E-state index in [0.29, 0.717) is 19.0 Å². The quantitative estimate of drug-likeness (QED) is 0.872. The number of aromatic carboxylic acids is 1. The lowest BCUT2D eigenvalue weighted by Crippen LogP contribution is -2.12. The normalized spacial score (nSPS) is 11.4. The van der Waals surface area contributed by atoms with E-state index in [0.717, 1.165) is 17.7 Å². The molecule has 2 rings (SSSR count). The molecule has 0 saturated heterocycles. The lowest BCUT2D eigenvalue weighted by atomic mass is 10.1. The Hall–Kier alpha value is -2.02. The van der Waals surface area contributed by atoms with Crippen molar-refractivity contribution in [1.82, 2.24) is 0 Å². The Bertz CT molecular complexity index is 624. The highest BCUT2D eigenvalue weighted by Crippen LogP contribution is 2.31. The SMILES string of the molecule is O=C(O)c1cc(C(F)(F)F)ccc1NCCc1ccsc1. The molecule has 0 aliphatic heterocycles. The molecule has 0 atom stereocenters. The molecule has 0 radical (unpaired) electrons. The Morgan fingerprint density at radius 2 is 2.05 bits per heavy atom. The van der Waals surface area contributed by atoms with Crippen molar-refractivity contribution in [2.45, 2.75) is 12.6 Å². The summed E-state index contributed by atoms with van der Waals surface area (Å²) in [6.45, 7) is 0.447. The molecule has 1 aromatic carbocycles. The van der Waals surface area contributed by atoms with Crippen LogP contribution in [0.1, 0.15) is 21.5 Å². The Morgan fingerprint density at radius 1 is 1.29 bits per heavy atom. The standard InChI is InChI=1S/C14H12F3NO2S/c15-14(16,17)10-1-2-12(11(7-10)13(19)20)18-5-3-9-4-6-21-8-9/h1-2,4,6-8,18H,3,5H2,(H,19,20). The van der Waals surface area contributed by atoms with E-state index >= 15 is 0 Å². The van der Waals surface area contributed by atoms with Gasteiger partial charge in [-0.05, 0) is 47.0 Å². The highest BCUT2D eigenvalue weighted by molar-refractivity contribution is 7.07. The van der Waals surface area contributed by atoms with E-state index < -0.39 is 17.7 Å². The summed E-state index contributed by atoms with van der Waals surface area (Å²) >= 11 is 1.55. The van der Waals surface area contributed by atoms with Gasteiger partial charge in [-0.3, -0.25) is 0 Å². The highest BCUT2D eigenvalue weighted by Gasteiger charge is 2.31. The third-order valence-electron chi connectivity index (χ3n) is 2.89. The number of carbonyl (C=O) groups is 1. The van der Waals surface area contributed by atoms with Gasteiger partial charge in [0, 0.05) is 12.2 Å². The number of hydrogen-bond donors (Lipinski definition) is 2. The summed E-state index contributed by atoms with van der Waals surface area (Å²) in [4.78, 5) is 11.1. The van der Waals surface area contributed by atoms with E-state index in [2.05, 4.69) is 5.32 Å². The molecule has 2 aromatic rings. The smallest absolute Gasteiger partial charge is 0.416 e. The van der Waals surface area contributed by atoms with E-state index in [9.17, 15) is 18.0 Å². The maximum absolute atomic E-state index is 12.6. The molecule has 0 fully saturated rings. The van der Waals surface area contributed by atoms with Crippen LogP contribution in [-0.4, -0.2) is 17.6 Å². The number of halogens is 3. The number of rotatable bonds is 5. The largest absolute Gasteiger partial charge is 0.478 e. The second kappa shape index (κ2) is 6.17. The molecule has 0 aliphatic carbocycles. The summed E-state index contributed by atoms with van der Waals surface area (Å²) in [6.07, 6.45) is -3.89. The number of benzene rings is 1. The molecule has 0 spiro atoms. The van der Waals surface area contributed by atoms with Crippen LogP contribution in [-0.2, 0) is 12.6 Å². The predicted octanol–water partition coefficient (Wildman–Crippen LogP) is 4.12. The van der Waals surface area contributed by atoms with E-state index in [1.807, 2.05) is 16.8 Å². The molecule has 0 saturated carbocycles. The summed E-state index contributed by atoms with van der Waals surface area (Å²) < 4.78 is 37.8. The minimum atomic E-state index is -4.56. The van der Waals surface area contributed by atoms with Gasteiger partial charge in [0.2, 0.25) is 0 Å². The van der Waals surface area contributed by atoms with Gasteiger partial charge in [-0.25, -0.2) is 4.79 Å². The molecular formula is C14H12F3NO2S. The number of hydrogen-bond acceptors (Lipinski definition) is 3. The molecule has 0 bridgehead atoms. The van der Waals surface area contributed by atoms with E-state index in [-0.39, 0.29) is 11.3 Å². The van der Waals surface area contributed by atoms with Crippen molar-refractivity contribution in [1.29, 1.82) is 0 Å². The number of carboxylic acid groups (broad SMARTS) is 1. The van der Waals surface area contributed by atoms with Crippen LogP contribution in [0, 0.1) is 0 Å². The Labute approximate surface area is 123 Å². The minimum Gasteiger partial charge on any atom is -0.478 e. The number of thiophene rings is 1. The van der Waals surface area contributed by atoms with Crippen LogP contribution in [0.25, 0.3) is 0 Å². The molecule has 2 N–H and O–H groups in total. The van der Waals surface area contributed by atoms with Crippen molar-refractivity contribution >= 4 is 23.0 Å². The van der Waals surface area contributed by atoms with Gasteiger partial charge in [0.1, 0.15) is 0 Å². The van der Waals surface area contributed by atoms with Gasteiger partial charge in [0.25, 0.3) is 0 Å². The summed E-state index contributed by atoms with van der Waals surface area (Å²) in [5.41, 5.74) is -0.0690. The van der Waals surface area contributed by atoms with Gasteiger partial charge in [-0.1, -0.05) is 0 Å². The molecule has 21 heavy (non-hydrogen) atoms. The molecular weight excluding hydrogens is 303 g/mol. The van der Waals surface area contributed by atoms with Crippen molar-refractivity contribution in [2.75, 3.05) is 11.9 Å². The van der Waals surface area contributed by atoms with E-state index in [4.69, 9.17) is 5.11 Å². The van der Waals surface area contributed by atoms with Gasteiger partial charge in [0.15, 0.2) is 0 Å². The molecule has 1 heterocycles. The first-order chi connectivity index (χ1) is 9.88. The van der Waals surface area contributed by atoms with Crippen molar-refractivity contribution < 1.29 is 23.1 Å². The summed E-state index contributed by atoms with van der Waals surface area (Å²) in [7, 11) is 0. The van der Waals surface area contributed by atoms with Crippen LogP contribution in [0.3, 0.4) is 0 Å². The third kappa shape index (κ3) is 3.98. The zero-order valence-corrected chi connectivity index (χ0v) is 11.6. The number of nitrogens with one attached hydrogen (secondary N) is 1. The highest BCUT2D eigenvalue weighted by atomic mass is 32.1. The van der Waals surface area contributed by atoms with Gasteiger partial charge in [-0.2, -0.15) is 24.5 Å². The predicted molar refractivity (Wildman–Crippen MR) is 74.9 cm³/mol. The Balaban J connectivity index is 2.13. The van der Waals surface area contributed by atoms with Crippen LogP contribution in [0.15, 0.2) is 35.0 Å². The zero-order valence-electron chi connectivity index (χ0n) is 10.8. The monoisotopic (exact) mass is 315 g/mol.